The molecule has 1 aromatic rings. The normalized spacial score (nSPS) is 10.7. The van der Waals surface area contributed by atoms with E-state index in [1.54, 1.807) is 45.0 Å². The summed E-state index contributed by atoms with van der Waals surface area (Å²) < 4.78 is 10.4. The molecular weight excluding hydrogens is 386 g/mol. The summed E-state index contributed by atoms with van der Waals surface area (Å²) in [6, 6.07) is 6.73. The van der Waals surface area contributed by atoms with Gasteiger partial charge in [-0.15, -0.1) is 0 Å². The van der Waals surface area contributed by atoms with Gasteiger partial charge in [-0.2, -0.15) is 0 Å². The Balaban J connectivity index is 2.02. The molecule has 0 aliphatic rings. The number of hydrogen-bond donors (Lipinski definition) is 3. The average molecular weight is 414 g/mol. The molecule has 0 heterocycles. The molecule has 0 radical (unpaired) electrons. The monoisotopic (exact) mass is 413 g/mol. The number of alkyl carbamates (subject to hydrolysis) is 1. The molecule has 8 nitrogen and oxygen atoms in total. The van der Waals surface area contributed by atoms with Gasteiger partial charge in [-0.1, -0.05) is 11.6 Å². The molecule has 0 aliphatic heterocycles. The van der Waals surface area contributed by atoms with Gasteiger partial charge in [-0.3, -0.25) is 9.59 Å². The van der Waals surface area contributed by atoms with Crippen LogP contribution in [-0.4, -0.2) is 49.7 Å². The van der Waals surface area contributed by atoms with Crippen molar-refractivity contribution in [2.45, 2.75) is 39.2 Å². The van der Waals surface area contributed by atoms with Gasteiger partial charge < -0.3 is 25.4 Å². The van der Waals surface area contributed by atoms with Crippen LogP contribution < -0.4 is 20.7 Å². The zero-order valence-electron chi connectivity index (χ0n) is 16.5. The summed E-state index contributed by atoms with van der Waals surface area (Å²) in [4.78, 5) is 34.8. The molecule has 0 atom stereocenters. The summed E-state index contributed by atoms with van der Waals surface area (Å²) in [5, 5.41) is 8.53. The fraction of sp³-hybridized carbons (Fsp3) is 0.526. The third kappa shape index (κ3) is 12.0. The summed E-state index contributed by atoms with van der Waals surface area (Å²) in [6.45, 7) is 6.23. The van der Waals surface area contributed by atoms with Crippen molar-refractivity contribution in [3.8, 4) is 5.75 Å². The fourth-order valence-corrected chi connectivity index (χ4v) is 2.08. The highest BCUT2D eigenvalue weighted by Crippen LogP contribution is 2.15. The van der Waals surface area contributed by atoms with E-state index in [2.05, 4.69) is 16.0 Å². The summed E-state index contributed by atoms with van der Waals surface area (Å²) in [5.74, 6) is 0.128. The van der Waals surface area contributed by atoms with Crippen molar-refractivity contribution < 1.29 is 23.9 Å². The molecule has 9 heteroatoms. The van der Waals surface area contributed by atoms with E-state index < -0.39 is 11.7 Å². The topological polar surface area (TPSA) is 106 Å². The predicted molar refractivity (Wildman–Crippen MR) is 106 cm³/mol. The first-order valence-corrected chi connectivity index (χ1v) is 9.42. The first kappa shape index (κ1) is 23.6. The lowest BCUT2D eigenvalue weighted by molar-refractivity contribution is -0.123. The van der Waals surface area contributed by atoms with Crippen LogP contribution in [0.25, 0.3) is 0 Å². The first-order chi connectivity index (χ1) is 13.2. The molecule has 0 saturated heterocycles. The maximum atomic E-state index is 11.7. The van der Waals surface area contributed by atoms with E-state index in [1.165, 1.54) is 0 Å². The van der Waals surface area contributed by atoms with Crippen molar-refractivity contribution in [1.29, 1.82) is 0 Å². The molecule has 1 rings (SSSR count). The molecular formula is C19H28ClN3O5. The number of rotatable bonds is 10. The van der Waals surface area contributed by atoms with Gasteiger partial charge in [0.25, 0.3) is 5.91 Å². The van der Waals surface area contributed by atoms with Crippen LogP contribution in [0.4, 0.5) is 4.79 Å². The van der Waals surface area contributed by atoms with Crippen LogP contribution in [0.15, 0.2) is 24.3 Å². The Morgan fingerprint density at radius 3 is 2.14 bits per heavy atom. The lowest BCUT2D eigenvalue weighted by Gasteiger charge is -2.19. The number of carbonyl (C=O) groups excluding carboxylic acids is 3. The van der Waals surface area contributed by atoms with Gasteiger partial charge in [0.1, 0.15) is 11.4 Å². The largest absolute Gasteiger partial charge is 0.484 e. The SMILES string of the molecule is CC(C)(C)OC(=O)NCCC(=O)NCCCNC(=O)COc1ccc(Cl)cc1. The lowest BCUT2D eigenvalue weighted by atomic mass is 10.2. The van der Waals surface area contributed by atoms with Gasteiger partial charge >= 0.3 is 6.09 Å². The van der Waals surface area contributed by atoms with Crippen LogP contribution in [0, 0.1) is 0 Å². The van der Waals surface area contributed by atoms with Gasteiger partial charge in [0.2, 0.25) is 5.91 Å². The van der Waals surface area contributed by atoms with Gasteiger partial charge in [-0.25, -0.2) is 4.79 Å². The Morgan fingerprint density at radius 1 is 0.929 bits per heavy atom. The van der Waals surface area contributed by atoms with Crippen molar-refractivity contribution in [2.75, 3.05) is 26.2 Å². The third-order valence-electron chi connectivity index (χ3n) is 3.20. The highest BCUT2D eigenvalue weighted by atomic mass is 35.5. The molecule has 156 valence electrons. The number of benzene rings is 1. The fourth-order valence-electron chi connectivity index (χ4n) is 1.96. The second-order valence-electron chi connectivity index (χ2n) is 6.97. The van der Waals surface area contributed by atoms with Crippen LogP contribution in [0.3, 0.4) is 0 Å². The second kappa shape index (κ2) is 12.1. The van der Waals surface area contributed by atoms with Crippen LogP contribution in [0.5, 0.6) is 5.75 Å². The molecule has 28 heavy (non-hydrogen) atoms. The maximum absolute atomic E-state index is 11.7. The van der Waals surface area contributed by atoms with Gasteiger partial charge in [0, 0.05) is 31.1 Å². The highest BCUT2D eigenvalue weighted by molar-refractivity contribution is 6.30. The quantitative estimate of drug-likeness (QED) is 0.510. The minimum atomic E-state index is -0.573. The van der Waals surface area contributed by atoms with Gasteiger partial charge in [-0.05, 0) is 51.5 Å². The van der Waals surface area contributed by atoms with Crippen molar-refractivity contribution in [2.24, 2.45) is 0 Å². The molecule has 0 aromatic heterocycles. The second-order valence-corrected chi connectivity index (χ2v) is 7.41. The van der Waals surface area contributed by atoms with E-state index in [1.807, 2.05) is 0 Å². The Hall–Kier alpha value is -2.48. The molecule has 0 aliphatic carbocycles. The van der Waals surface area contributed by atoms with E-state index >= 15 is 0 Å². The maximum Gasteiger partial charge on any atom is 0.407 e. The molecule has 0 spiro atoms. The summed E-state index contributed by atoms with van der Waals surface area (Å²) >= 11 is 5.77. The molecule has 0 fully saturated rings. The molecule has 1 aromatic carbocycles. The lowest BCUT2D eigenvalue weighted by Crippen LogP contribution is -2.36. The molecule has 3 amide bonds. The molecule has 0 bridgehead atoms. The summed E-state index contributed by atoms with van der Waals surface area (Å²) in [6.07, 6.45) is 0.183. The van der Waals surface area contributed by atoms with Crippen molar-refractivity contribution in [3.63, 3.8) is 0 Å². The standard InChI is InChI=1S/C19H28ClN3O5/c1-19(2,3)28-18(26)23-12-9-16(24)21-10-4-11-22-17(25)13-27-15-7-5-14(20)6-8-15/h5-8H,4,9-13H2,1-3H3,(H,21,24)(H,22,25)(H,23,26). The van der Waals surface area contributed by atoms with E-state index in [0.29, 0.717) is 30.3 Å². The summed E-state index contributed by atoms with van der Waals surface area (Å²) in [5.41, 5.74) is -0.573. The van der Waals surface area contributed by atoms with Crippen LogP contribution in [0.2, 0.25) is 5.02 Å². The van der Waals surface area contributed by atoms with Crippen LogP contribution >= 0.6 is 11.6 Å². The Labute approximate surface area is 170 Å². The van der Waals surface area contributed by atoms with Crippen LogP contribution in [0.1, 0.15) is 33.6 Å². The van der Waals surface area contributed by atoms with Gasteiger partial charge in [0.05, 0.1) is 0 Å². The Kier molecular flexibility index (Phi) is 10.2. The number of amides is 3. The molecule has 0 saturated carbocycles. The van der Waals surface area contributed by atoms with E-state index in [0.717, 1.165) is 0 Å². The number of hydrogen-bond acceptors (Lipinski definition) is 5. The van der Waals surface area contributed by atoms with E-state index in [9.17, 15) is 14.4 Å². The molecule has 3 N–H and O–H groups in total. The van der Waals surface area contributed by atoms with E-state index in [-0.39, 0.29) is 31.4 Å². The average Bonchev–Trinajstić information content (AvgIpc) is 2.59. The smallest absolute Gasteiger partial charge is 0.407 e. The first-order valence-electron chi connectivity index (χ1n) is 9.04. The zero-order valence-corrected chi connectivity index (χ0v) is 17.2. The number of nitrogens with one attached hydrogen (secondary N) is 3. The Morgan fingerprint density at radius 2 is 1.54 bits per heavy atom. The highest BCUT2D eigenvalue weighted by Gasteiger charge is 2.15. The van der Waals surface area contributed by atoms with Crippen molar-refractivity contribution in [1.82, 2.24) is 16.0 Å². The summed E-state index contributed by atoms with van der Waals surface area (Å²) in [7, 11) is 0. The predicted octanol–water partition coefficient (Wildman–Crippen LogP) is 2.26. The van der Waals surface area contributed by atoms with Crippen LogP contribution in [-0.2, 0) is 14.3 Å². The van der Waals surface area contributed by atoms with E-state index in [4.69, 9.17) is 21.1 Å². The molecule has 0 unspecified atom stereocenters. The Bertz CT molecular complexity index is 644. The van der Waals surface area contributed by atoms with Crippen molar-refractivity contribution >= 4 is 29.5 Å². The minimum Gasteiger partial charge on any atom is -0.484 e. The number of ether oxygens (including phenoxy) is 2. The number of carbonyl (C=O) groups is 3. The number of halogens is 1. The third-order valence-corrected chi connectivity index (χ3v) is 3.45. The zero-order chi connectivity index (χ0) is 21.0. The minimum absolute atomic E-state index is 0.0929. The van der Waals surface area contributed by atoms with Gasteiger partial charge in [0.15, 0.2) is 6.61 Å². The van der Waals surface area contributed by atoms with Crippen molar-refractivity contribution in [3.05, 3.63) is 29.3 Å².